The summed E-state index contributed by atoms with van der Waals surface area (Å²) in [4.78, 5) is 11.3. The maximum atomic E-state index is 11.9. The molecule has 2 aliphatic heterocycles. The van der Waals surface area contributed by atoms with Crippen LogP contribution in [0.4, 0.5) is 0 Å². The molecule has 13 heavy (non-hydrogen) atoms. The molecule has 0 radical (unpaired) electrons. The lowest BCUT2D eigenvalue weighted by Crippen LogP contribution is -2.39. The number of nitrogens with zero attached hydrogens (tertiary/aromatic N) is 2. The van der Waals surface area contributed by atoms with Crippen LogP contribution in [0.2, 0.25) is 0 Å². The van der Waals surface area contributed by atoms with Crippen molar-refractivity contribution in [2.24, 2.45) is 10.8 Å². The summed E-state index contributed by atoms with van der Waals surface area (Å²) in [6.07, 6.45) is 2.89. The van der Waals surface area contributed by atoms with Gasteiger partial charge >= 0.3 is 0 Å². The van der Waals surface area contributed by atoms with Crippen LogP contribution in [-0.4, -0.2) is 22.8 Å². The number of allylic oxidation sites excluding steroid dienone is 2. The van der Waals surface area contributed by atoms with E-state index >= 15 is 0 Å². The number of hydroxylamine groups is 2. The lowest BCUT2D eigenvalue weighted by Gasteiger charge is -2.33. The largest absolute Gasteiger partial charge is 0.599 e. The van der Waals surface area contributed by atoms with Gasteiger partial charge in [0.2, 0.25) is 11.5 Å². The van der Waals surface area contributed by atoms with E-state index in [1.54, 1.807) is 6.92 Å². The molecule has 0 saturated heterocycles. The van der Waals surface area contributed by atoms with Crippen LogP contribution in [0.25, 0.3) is 0 Å². The molecule has 2 aliphatic rings. The van der Waals surface area contributed by atoms with Gasteiger partial charge in [-0.1, -0.05) is 5.10 Å². The van der Waals surface area contributed by atoms with Crippen LogP contribution in [-0.2, 0) is 4.79 Å². The van der Waals surface area contributed by atoms with Gasteiger partial charge < -0.3 is 10.9 Å². The zero-order chi connectivity index (χ0) is 9.64. The Bertz CT molecular complexity index is 381. The Kier molecular flexibility index (Phi) is 1.43. The summed E-state index contributed by atoms with van der Waals surface area (Å²) in [6, 6.07) is 0. The third-order valence-electron chi connectivity index (χ3n) is 2.16. The van der Waals surface area contributed by atoms with Crippen LogP contribution in [0, 0.1) is 5.21 Å². The van der Waals surface area contributed by atoms with Gasteiger partial charge in [-0.2, -0.15) is 4.76 Å². The van der Waals surface area contributed by atoms with E-state index in [2.05, 4.69) is 5.10 Å². The molecule has 0 saturated carbocycles. The zero-order valence-electron chi connectivity index (χ0n) is 7.15. The molecule has 2 rings (SSSR count). The van der Waals surface area contributed by atoms with Crippen LogP contribution in [0.15, 0.2) is 28.6 Å². The third kappa shape index (κ3) is 0.944. The average molecular weight is 179 g/mol. The van der Waals surface area contributed by atoms with Crippen LogP contribution < -0.4 is 5.73 Å². The molecule has 1 atom stereocenters. The van der Waals surface area contributed by atoms with Crippen molar-refractivity contribution in [1.29, 1.82) is 0 Å². The van der Waals surface area contributed by atoms with E-state index in [0.29, 0.717) is 5.71 Å². The highest BCUT2D eigenvalue weighted by atomic mass is 16.6. The number of hydrogen-bond acceptors (Lipinski definition) is 4. The van der Waals surface area contributed by atoms with Gasteiger partial charge in [0.05, 0.1) is 0 Å². The predicted octanol–water partition coefficient (Wildman–Crippen LogP) is -0.000300. The number of ketones is 1. The molecule has 0 amide bonds. The quantitative estimate of drug-likeness (QED) is 0.420. The highest BCUT2D eigenvalue weighted by Crippen LogP contribution is 2.29. The molecule has 0 aromatic rings. The minimum absolute atomic E-state index is 0.0556. The van der Waals surface area contributed by atoms with Crippen molar-refractivity contribution in [3.8, 4) is 0 Å². The normalized spacial score (nSPS) is 32.2. The molecule has 68 valence electrons. The van der Waals surface area contributed by atoms with Crippen molar-refractivity contribution in [2.45, 2.75) is 6.92 Å². The number of nitrogens with two attached hydrogens (primary N) is 1. The van der Waals surface area contributed by atoms with Gasteiger partial charge in [-0.25, -0.2) is 0 Å². The smallest absolute Gasteiger partial charge is 0.244 e. The number of fused-ring (bicyclic) bond motifs is 1. The van der Waals surface area contributed by atoms with Crippen molar-refractivity contribution in [3.63, 3.8) is 0 Å². The van der Waals surface area contributed by atoms with Crippen LogP contribution in [0.5, 0.6) is 0 Å². The third-order valence-corrected chi connectivity index (χ3v) is 2.16. The minimum Gasteiger partial charge on any atom is -0.599 e. The highest BCUT2D eigenvalue weighted by molar-refractivity contribution is 6.11. The maximum Gasteiger partial charge on any atom is 0.244 e. The summed E-state index contributed by atoms with van der Waals surface area (Å²) < 4.78 is -0.965. The molecule has 5 nitrogen and oxygen atoms in total. The second-order valence-electron chi connectivity index (χ2n) is 3.10. The van der Waals surface area contributed by atoms with E-state index in [1.807, 2.05) is 0 Å². The molecule has 1 unspecified atom stereocenters. The van der Waals surface area contributed by atoms with Crippen LogP contribution in [0.1, 0.15) is 6.92 Å². The predicted molar refractivity (Wildman–Crippen MR) is 47.0 cm³/mol. The fourth-order valence-electron chi connectivity index (χ4n) is 1.52. The second-order valence-corrected chi connectivity index (χ2v) is 3.10. The van der Waals surface area contributed by atoms with Gasteiger partial charge in [0, 0.05) is 0 Å². The Morgan fingerprint density at radius 2 is 2.38 bits per heavy atom. The maximum absolute atomic E-state index is 11.9. The first-order valence-electron chi connectivity index (χ1n) is 3.92. The molecule has 2 N–H and O–H groups in total. The molecular formula is C8H9N3O2. The van der Waals surface area contributed by atoms with Crippen LogP contribution >= 0.6 is 0 Å². The van der Waals surface area contributed by atoms with E-state index in [4.69, 9.17) is 5.73 Å². The fourth-order valence-corrected chi connectivity index (χ4v) is 1.52. The van der Waals surface area contributed by atoms with Gasteiger partial charge in [0.15, 0.2) is 0 Å². The number of hydrogen-bond donors (Lipinski definition) is 1. The first-order valence-corrected chi connectivity index (χ1v) is 3.92. The summed E-state index contributed by atoms with van der Waals surface area (Å²) in [6.45, 7) is 1.78. The first kappa shape index (κ1) is 8.15. The summed E-state index contributed by atoms with van der Waals surface area (Å²) >= 11 is 0. The first-order chi connectivity index (χ1) is 6.04. The molecule has 0 aliphatic carbocycles. The van der Waals surface area contributed by atoms with E-state index in [0.717, 1.165) is 0 Å². The Balaban J connectivity index is 2.62. The molecule has 5 heteroatoms. The highest BCUT2D eigenvalue weighted by Gasteiger charge is 2.39. The number of quaternary nitrogens is 1. The number of rotatable bonds is 0. The molecule has 2 heterocycles. The summed E-state index contributed by atoms with van der Waals surface area (Å²) in [5.74, 6) is -0.334. The Morgan fingerprint density at radius 3 is 3.00 bits per heavy atom. The lowest BCUT2D eigenvalue weighted by atomic mass is 10.1. The van der Waals surface area contributed by atoms with Crippen LogP contribution in [0.3, 0.4) is 0 Å². The minimum atomic E-state index is -0.965. The average Bonchev–Trinajstić information content (AvgIpc) is 2.24. The topological polar surface area (TPSA) is 78.5 Å². The van der Waals surface area contributed by atoms with E-state index in [9.17, 15) is 10.0 Å². The van der Waals surface area contributed by atoms with E-state index in [1.165, 1.54) is 12.2 Å². The van der Waals surface area contributed by atoms with Crippen molar-refractivity contribution >= 4 is 11.5 Å². The summed E-state index contributed by atoms with van der Waals surface area (Å²) in [5, 5.41) is 15.7. The monoisotopic (exact) mass is 179 g/mol. The Hall–Kier alpha value is -1.46. The van der Waals surface area contributed by atoms with Gasteiger partial charge in [0.25, 0.3) is 0 Å². The summed E-state index contributed by atoms with van der Waals surface area (Å²) in [7, 11) is 0. The van der Waals surface area contributed by atoms with E-state index in [-0.39, 0.29) is 23.7 Å². The Labute approximate surface area is 75.0 Å². The summed E-state index contributed by atoms with van der Waals surface area (Å²) in [5.41, 5.74) is 6.32. The molecule has 0 bridgehead atoms. The van der Waals surface area contributed by atoms with Gasteiger partial charge in [-0.05, 0) is 19.1 Å². The Morgan fingerprint density at radius 1 is 1.69 bits per heavy atom. The molecular weight excluding hydrogens is 170 g/mol. The SMILES string of the molecule is CC1=N[N+]2([O-])CC=CC(=O)C2=C1N. The van der Waals surface area contributed by atoms with Crippen molar-refractivity contribution in [1.82, 2.24) is 0 Å². The fraction of sp³-hybridized carbons (Fsp3) is 0.250. The molecule has 0 aromatic carbocycles. The van der Waals surface area contributed by atoms with Gasteiger partial charge in [-0.15, -0.1) is 0 Å². The van der Waals surface area contributed by atoms with Crippen molar-refractivity contribution in [2.75, 3.05) is 6.54 Å². The molecule has 0 fully saturated rings. The van der Waals surface area contributed by atoms with E-state index < -0.39 is 4.76 Å². The van der Waals surface area contributed by atoms with Gasteiger partial charge in [-0.3, -0.25) is 4.79 Å². The van der Waals surface area contributed by atoms with Crippen molar-refractivity contribution in [3.05, 3.63) is 28.8 Å². The standard InChI is InChI=1S/C8H9N3O2/c1-5-7(9)8-6(12)3-2-4-11(8,13)10-5/h2-3H,4,9H2,1H3. The number of carbonyl (C=O) groups is 1. The van der Waals surface area contributed by atoms with Crippen molar-refractivity contribution < 1.29 is 9.55 Å². The molecule has 0 spiro atoms. The van der Waals surface area contributed by atoms with Gasteiger partial charge in [0.1, 0.15) is 18.0 Å². The second kappa shape index (κ2) is 2.27. The lowest BCUT2D eigenvalue weighted by molar-refractivity contribution is -0.836. The molecule has 0 aromatic heterocycles. The number of carbonyl (C=O) groups excluding carboxylic acids is 1. The zero-order valence-corrected chi connectivity index (χ0v) is 7.15.